The van der Waals surface area contributed by atoms with Crippen molar-refractivity contribution in [1.29, 1.82) is 0 Å². The molecule has 154 valence electrons. The molecule has 26 heavy (non-hydrogen) atoms. The zero-order chi connectivity index (χ0) is 19.7. The van der Waals surface area contributed by atoms with Crippen LogP contribution in [0.3, 0.4) is 0 Å². The molecule has 0 radical (unpaired) electrons. The molecule has 0 saturated carbocycles. The first-order valence-electron chi connectivity index (χ1n) is 10.9. The first-order chi connectivity index (χ1) is 12.4. The van der Waals surface area contributed by atoms with Crippen molar-refractivity contribution in [3.05, 3.63) is 0 Å². The van der Waals surface area contributed by atoms with E-state index in [-0.39, 0.29) is 6.54 Å². The summed E-state index contributed by atoms with van der Waals surface area (Å²) in [6, 6.07) is 0. The van der Waals surface area contributed by atoms with Crippen molar-refractivity contribution in [3.63, 3.8) is 0 Å². The van der Waals surface area contributed by atoms with Gasteiger partial charge in [0.05, 0.1) is 26.6 Å². The zero-order valence-electron chi connectivity index (χ0n) is 17.7. The Morgan fingerprint density at radius 1 is 0.692 bits per heavy atom. The summed E-state index contributed by atoms with van der Waals surface area (Å²) in [5.74, 6) is -0.645. The maximum Gasteiger partial charge on any atom is 0.132 e. The Hall–Kier alpha value is -0.900. The van der Waals surface area contributed by atoms with Crippen LogP contribution < -0.4 is 5.11 Å². The Balaban J connectivity index is 3.38. The van der Waals surface area contributed by atoms with Gasteiger partial charge in [-0.3, -0.25) is 4.79 Å². The summed E-state index contributed by atoms with van der Waals surface area (Å²) in [5.41, 5.74) is 0. The summed E-state index contributed by atoms with van der Waals surface area (Å²) in [5, 5.41) is 10.7. The van der Waals surface area contributed by atoms with Crippen LogP contribution in [0.15, 0.2) is 0 Å². The Labute approximate surface area is 161 Å². The third-order valence-corrected chi connectivity index (χ3v) is 5.09. The number of ketones is 1. The lowest BCUT2D eigenvalue weighted by Gasteiger charge is -2.30. The molecule has 0 amide bonds. The summed E-state index contributed by atoms with van der Waals surface area (Å²) in [6.07, 6.45) is 17.5. The molecule has 0 heterocycles. The molecule has 0 aliphatic carbocycles. The SMILES string of the molecule is CCCCCCCCCCCCCC(=O)CCCC[N+](C)(C)CC(=O)[O-]. The van der Waals surface area contributed by atoms with Crippen molar-refractivity contribution in [2.45, 2.75) is 103 Å². The van der Waals surface area contributed by atoms with Gasteiger partial charge in [0, 0.05) is 12.8 Å². The molecule has 4 nitrogen and oxygen atoms in total. The lowest BCUT2D eigenvalue weighted by atomic mass is 10.0. The minimum atomic E-state index is -1.01. The van der Waals surface area contributed by atoms with Crippen LogP contribution in [-0.2, 0) is 9.59 Å². The van der Waals surface area contributed by atoms with E-state index in [0.29, 0.717) is 23.1 Å². The molecule has 4 heteroatoms. The van der Waals surface area contributed by atoms with Gasteiger partial charge in [0.1, 0.15) is 12.3 Å². The second-order valence-electron chi connectivity index (χ2n) is 8.47. The van der Waals surface area contributed by atoms with E-state index in [4.69, 9.17) is 0 Å². The number of carboxylic acid groups (broad SMARTS) is 1. The van der Waals surface area contributed by atoms with Gasteiger partial charge in [-0.15, -0.1) is 0 Å². The van der Waals surface area contributed by atoms with Gasteiger partial charge in [-0.1, -0.05) is 71.1 Å². The van der Waals surface area contributed by atoms with Gasteiger partial charge >= 0.3 is 0 Å². The van der Waals surface area contributed by atoms with Gasteiger partial charge in [-0.25, -0.2) is 0 Å². The van der Waals surface area contributed by atoms with Crippen LogP contribution in [0.1, 0.15) is 103 Å². The molecule has 0 bridgehead atoms. The van der Waals surface area contributed by atoms with Crippen LogP contribution in [0.4, 0.5) is 0 Å². The van der Waals surface area contributed by atoms with Crippen LogP contribution in [0.25, 0.3) is 0 Å². The average Bonchev–Trinajstić information content (AvgIpc) is 2.55. The van der Waals surface area contributed by atoms with E-state index >= 15 is 0 Å². The zero-order valence-corrected chi connectivity index (χ0v) is 17.7. The number of carbonyl (C=O) groups is 2. The Morgan fingerprint density at radius 3 is 1.58 bits per heavy atom. The smallest absolute Gasteiger partial charge is 0.132 e. The Morgan fingerprint density at radius 2 is 1.12 bits per heavy atom. The first-order valence-corrected chi connectivity index (χ1v) is 10.9. The van der Waals surface area contributed by atoms with Crippen LogP contribution in [0.2, 0.25) is 0 Å². The third kappa shape index (κ3) is 17.9. The van der Waals surface area contributed by atoms with Gasteiger partial charge in [0.25, 0.3) is 0 Å². The number of hydrogen-bond acceptors (Lipinski definition) is 3. The molecule has 0 saturated heterocycles. The second-order valence-corrected chi connectivity index (χ2v) is 8.47. The average molecular weight is 370 g/mol. The van der Waals surface area contributed by atoms with E-state index in [1.165, 1.54) is 64.2 Å². The molecule has 0 spiro atoms. The van der Waals surface area contributed by atoms with E-state index in [0.717, 1.165) is 25.8 Å². The highest BCUT2D eigenvalue weighted by atomic mass is 16.4. The van der Waals surface area contributed by atoms with Gasteiger partial charge in [-0.2, -0.15) is 0 Å². The van der Waals surface area contributed by atoms with Crippen LogP contribution in [0.5, 0.6) is 0 Å². The first kappa shape index (κ1) is 25.1. The van der Waals surface area contributed by atoms with Crippen molar-refractivity contribution in [1.82, 2.24) is 0 Å². The molecule has 0 aromatic heterocycles. The van der Waals surface area contributed by atoms with Gasteiger partial charge < -0.3 is 14.4 Å². The minimum Gasteiger partial charge on any atom is -0.544 e. The number of aliphatic carboxylic acids is 1. The molecule has 0 atom stereocenters. The minimum absolute atomic E-state index is 0.0344. The molecular formula is C22H43NO3. The Kier molecular flexibility index (Phi) is 15.7. The van der Waals surface area contributed by atoms with Crippen molar-refractivity contribution >= 4 is 11.8 Å². The maximum atomic E-state index is 11.9. The Bertz CT molecular complexity index is 366. The van der Waals surface area contributed by atoms with Crippen LogP contribution in [0, 0.1) is 0 Å². The molecule has 0 aromatic carbocycles. The van der Waals surface area contributed by atoms with Gasteiger partial charge in [0.15, 0.2) is 0 Å². The monoisotopic (exact) mass is 369 g/mol. The standard InChI is InChI=1S/C22H43NO3/c1-4-5-6-7-8-9-10-11-12-13-14-17-21(24)18-15-16-19-23(2,3)20-22(25)26/h4-20H2,1-3H3. The topological polar surface area (TPSA) is 57.2 Å². The number of Topliss-reactive ketones (excluding diaryl/α,β-unsaturated/α-hetero) is 1. The maximum absolute atomic E-state index is 11.9. The van der Waals surface area contributed by atoms with Crippen molar-refractivity contribution in [3.8, 4) is 0 Å². The highest BCUT2D eigenvalue weighted by molar-refractivity contribution is 5.78. The molecule has 0 aliphatic rings. The third-order valence-electron chi connectivity index (χ3n) is 5.09. The fourth-order valence-electron chi connectivity index (χ4n) is 3.40. The number of carboxylic acids is 1. The molecule has 0 aromatic rings. The van der Waals surface area contributed by atoms with Gasteiger partial charge in [0.2, 0.25) is 0 Å². The fraction of sp³-hybridized carbons (Fsp3) is 0.909. The number of hydrogen-bond donors (Lipinski definition) is 0. The fourth-order valence-corrected chi connectivity index (χ4v) is 3.40. The van der Waals surface area contributed by atoms with E-state index < -0.39 is 5.97 Å². The highest BCUT2D eigenvalue weighted by Crippen LogP contribution is 2.13. The van der Waals surface area contributed by atoms with E-state index in [2.05, 4.69) is 6.92 Å². The molecule has 0 unspecified atom stereocenters. The number of nitrogens with zero attached hydrogens (tertiary/aromatic N) is 1. The summed E-state index contributed by atoms with van der Waals surface area (Å²) in [7, 11) is 3.78. The summed E-state index contributed by atoms with van der Waals surface area (Å²) in [6.45, 7) is 3.07. The van der Waals surface area contributed by atoms with Crippen LogP contribution in [-0.4, -0.2) is 43.4 Å². The molecule has 0 N–H and O–H groups in total. The number of unbranched alkanes of at least 4 members (excludes halogenated alkanes) is 11. The van der Waals surface area contributed by atoms with Crippen LogP contribution >= 0.6 is 0 Å². The second kappa shape index (κ2) is 16.3. The number of carbonyl (C=O) groups excluding carboxylic acids is 2. The molecule has 0 fully saturated rings. The number of rotatable bonds is 19. The molecule has 0 aliphatic heterocycles. The van der Waals surface area contributed by atoms with Gasteiger partial charge in [-0.05, 0) is 19.3 Å². The normalized spacial score (nSPS) is 11.7. The lowest BCUT2D eigenvalue weighted by Crippen LogP contribution is -2.48. The summed E-state index contributed by atoms with van der Waals surface area (Å²) < 4.78 is 0.426. The lowest BCUT2D eigenvalue weighted by molar-refractivity contribution is -0.885. The quantitative estimate of drug-likeness (QED) is 0.253. The summed E-state index contributed by atoms with van der Waals surface area (Å²) >= 11 is 0. The molecule has 0 rings (SSSR count). The van der Waals surface area contributed by atoms with Crippen molar-refractivity contribution < 1.29 is 19.2 Å². The van der Waals surface area contributed by atoms with E-state index in [1.807, 2.05) is 14.1 Å². The predicted octanol–water partition coefficient (Wildman–Crippen LogP) is 4.25. The molecular weight excluding hydrogens is 326 g/mol. The predicted molar refractivity (Wildman–Crippen MR) is 107 cm³/mol. The van der Waals surface area contributed by atoms with E-state index in [9.17, 15) is 14.7 Å². The van der Waals surface area contributed by atoms with Crippen molar-refractivity contribution in [2.75, 3.05) is 27.2 Å². The largest absolute Gasteiger partial charge is 0.544 e. The summed E-state index contributed by atoms with van der Waals surface area (Å²) in [4.78, 5) is 22.6. The van der Waals surface area contributed by atoms with E-state index in [1.54, 1.807) is 0 Å². The highest BCUT2D eigenvalue weighted by Gasteiger charge is 2.14. The number of quaternary nitrogens is 1. The number of likely N-dealkylation sites (N-methyl/N-ethyl adjacent to an activating group) is 1. The van der Waals surface area contributed by atoms with Crippen molar-refractivity contribution in [2.24, 2.45) is 0 Å².